The quantitative estimate of drug-likeness (QED) is 0.346. The number of nitrogen functional groups attached to an aromatic ring is 1. The van der Waals surface area contributed by atoms with E-state index in [1.54, 1.807) is 31.2 Å². The van der Waals surface area contributed by atoms with Crippen LogP contribution in [0, 0.1) is 5.82 Å². The monoisotopic (exact) mass is 505 g/mol. The molecule has 0 aliphatic heterocycles. The third kappa shape index (κ3) is 4.59. The van der Waals surface area contributed by atoms with Gasteiger partial charge in [0.2, 0.25) is 15.8 Å². The number of halogens is 2. The SMILES string of the molecule is COc1ccc(F)c(Cl)c1C(C)Oc1c(N)ncc2c(-c3cccc(NS(C)(=O)=O)c3)coc12. The molecular weight excluding hydrogens is 485 g/mol. The number of pyridine rings is 1. The lowest BCUT2D eigenvalue weighted by atomic mass is 10.1. The van der Waals surface area contributed by atoms with Gasteiger partial charge in [0.05, 0.1) is 35.6 Å². The summed E-state index contributed by atoms with van der Waals surface area (Å²) in [7, 11) is -1.99. The van der Waals surface area contributed by atoms with Crippen LogP contribution in [0.3, 0.4) is 0 Å². The van der Waals surface area contributed by atoms with E-state index < -0.39 is 21.9 Å². The van der Waals surface area contributed by atoms with Crippen LogP contribution in [0.2, 0.25) is 5.02 Å². The molecule has 8 nitrogen and oxygen atoms in total. The standard InChI is InChI=1S/C23H21ClFN3O5S/c1-12(19-18(31-2)8-7-17(25)20(19)24)33-22-21-15(10-27-23(22)26)16(11-32-21)13-5-4-6-14(9-13)28-34(3,29)30/h4-12,28H,1-3H3,(H2,26,27). The maximum atomic E-state index is 14.1. The number of nitrogens with one attached hydrogen (secondary N) is 1. The number of furan rings is 1. The zero-order valence-corrected chi connectivity index (χ0v) is 20.0. The maximum absolute atomic E-state index is 14.1. The zero-order valence-electron chi connectivity index (χ0n) is 18.4. The van der Waals surface area contributed by atoms with Crippen molar-refractivity contribution >= 4 is 44.1 Å². The summed E-state index contributed by atoms with van der Waals surface area (Å²) in [4.78, 5) is 4.22. The van der Waals surface area contributed by atoms with Gasteiger partial charge in [0.1, 0.15) is 17.7 Å². The highest BCUT2D eigenvalue weighted by Gasteiger charge is 2.24. The molecule has 0 bridgehead atoms. The van der Waals surface area contributed by atoms with Gasteiger partial charge in [-0.05, 0) is 36.8 Å². The van der Waals surface area contributed by atoms with Crippen molar-refractivity contribution in [1.82, 2.24) is 4.98 Å². The van der Waals surface area contributed by atoms with E-state index in [2.05, 4.69) is 9.71 Å². The summed E-state index contributed by atoms with van der Waals surface area (Å²) < 4.78 is 56.9. The number of rotatable bonds is 7. The van der Waals surface area contributed by atoms with Crippen molar-refractivity contribution in [3.05, 3.63) is 65.3 Å². The molecule has 0 aliphatic rings. The number of methoxy groups -OCH3 is 1. The number of ether oxygens (including phenoxy) is 2. The molecular formula is C23H21ClFN3O5S. The molecule has 1 unspecified atom stereocenters. The summed E-state index contributed by atoms with van der Waals surface area (Å²) in [5.41, 5.74) is 8.45. The Morgan fingerprint density at radius 3 is 2.74 bits per heavy atom. The molecule has 0 amide bonds. The number of hydrogen-bond acceptors (Lipinski definition) is 7. The van der Waals surface area contributed by atoms with E-state index in [9.17, 15) is 12.8 Å². The van der Waals surface area contributed by atoms with Crippen molar-refractivity contribution in [2.24, 2.45) is 0 Å². The second-order valence-corrected chi connectivity index (χ2v) is 9.68. The maximum Gasteiger partial charge on any atom is 0.229 e. The van der Waals surface area contributed by atoms with E-state index in [-0.39, 0.29) is 16.6 Å². The predicted molar refractivity (Wildman–Crippen MR) is 129 cm³/mol. The summed E-state index contributed by atoms with van der Waals surface area (Å²) in [5, 5.41) is 0.464. The third-order valence-corrected chi connectivity index (χ3v) is 6.08. The van der Waals surface area contributed by atoms with Crippen LogP contribution in [-0.4, -0.2) is 26.8 Å². The molecule has 11 heteroatoms. The van der Waals surface area contributed by atoms with E-state index >= 15 is 0 Å². The van der Waals surface area contributed by atoms with Crippen LogP contribution in [0.15, 0.2) is 53.3 Å². The zero-order chi connectivity index (χ0) is 24.6. The molecule has 0 spiro atoms. The third-order valence-electron chi connectivity index (χ3n) is 5.09. The molecule has 4 aromatic rings. The number of nitrogens with two attached hydrogens (primary N) is 1. The normalized spacial score (nSPS) is 12.5. The Morgan fingerprint density at radius 2 is 2.03 bits per heavy atom. The Morgan fingerprint density at radius 1 is 1.26 bits per heavy atom. The van der Waals surface area contributed by atoms with Crippen LogP contribution in [0.4, 0.5) is 15.9 Å². The van der Waals surface area contributed by atoms with Crippen molar-refractivity contribution in [3.63, 3.8) is 0 Å². The minimum Gasteiger partial charge on any atom is -0.496 e. The van der Waals surface area contributed by atoms with E-state index in [1.165, 1.54) is 31.7 Å². The van der Waals surface area contributed by atoms with E-state index in [0.717, 1.165) is 6.26 Å². The van der Waals surface area contributed by atoms with Gasteiger partial charge in [0.15, 0.2) is 11.4 Å². The number of anilines is 2. The van der Waals surface area contributed by atoms with Crippen LogP contribution in [0.25, 0.3) is 22.1 Å². The molecule has 0 fully saturated rings. The summed E-state index contributed by atoms with van der Waals surface area (Å²) in [5.74, 6) is -0.0312. The van der Waals surface area contributed by atoms with Gasteiger partial charge in [0.25, 0.3) is 0 Å². The minimum atomic E-state index is -3.44. The van der Waals surface area contributed by atoms with Gasteiger partial charge >= 0.3 is 0 Å². The fourth-order valence-electron chi connectivity index (χ4n) is 3.62. The number of fused-ring (bicyclic) bond motifs is 1. The lowest BCUT2D eigenvalue weighted by molar-refractivity contribution is 0.221. The molecule has 0 aliphatic carbocycles. The number of hydrogen-bond donors (Lipinski definition) is 2. The van der Waals surface area contributed by atoms with E-state index in [0.29, 0.717) is 39.1 Å². The van der Waals surface area contributed by atoms with Crippen LogP contribution < -0.4 is 19.9 Å². The summed E-state index contributed by atoms with van der Waals surface area (Å²) in [6, 6.07) is 9.48. The first-order valence-electron chi connectivity index (χ1n) is 10.0. The largest absolute Gasteiger partial charge is 0.496 e. The Kier molecular flexibility index (Phi) is 6.28. The van der Waals surface area contributed by atoms with Crippen LogP contribution >= 0.6 is 11.6 Å². The van der Waals surface area contributed by atoms with Crippen LogP contribution in [-0.2, 0) is 10.0 Å². The first-order chi connectivity index (χ1) is 16.1. The minimum absolute atomic E-state index is 0.0687. The number of benzene rings is 2. The number of nitrogens with zero attached hydrogens (tertiary/aromatic N) is 1. The molecule has 0 saturated heterocycles. The van der Waals surface area contributed by atoms with Crippen LogP contribution in [0.5, 0.6) is 11.5 Å². The Bertz CT molecular complexity index is 1490. The second-order valence-electron chi connectivity index (χ2n) is 7.56. The van der Waals surface area contributed by atoms with Crippen molar-refractivity contribution in [2.45, 2.75) is 13.0 Å². The van der Waals surface area contributed by atoms with E-state index in [4.69, 9.17) is 31.2 Å². The lowest BCUT2D eigenvalue weighted by Gasteiger charge is -2.20. The van der Waals surface area contributed by atoms with Crippen molar-refractivity contribution < 1.29 is 26.7 Å². The molecule has 4 rings (SSSR count). The molecule has 2 heterocycles. The molecule has 1 atom stereocenters. The summed E-state index contributed by atoms with van der Waals surface area (Å²) in [6.07, 6.45) is 3.35. The lowest BCUT2D eigenvalue weighted by Crippen LogP contribution is -2.09. The highest BCUT2D eigenvalue weighted by Crippen LogP contribution is 2.42. The Balaban J connectivity index is 1.76. The van der Waals surface area contributed by atoms with Crippen LogP contribution in [0.1, 0.15) is 18.6 Å². The summed E-state index contributed by atoms with van der Waals surface area (Å²) in [6.45, 7) is 1.67. The van der Waals surface area contributed by atoms with Gasteiger partial charge in [0, 0.05) is 17.4 Å². The van der Waals surface area contributed by atoms with E-state index in [1.807, 2.05) is 0 Å². The summed E-state index contributed by atoms with van der Waals surface area (Å²) >= 11 is 6.19. The smallest absolute Gasteiger partial charge is 0.229 e. The van der Waals surface area contributed by atoms with Crippen molar-refractivity contribution in [1.29, 1.82) is 0 Å². The fourth-order valence-corrected chi connectivity index (χ4v) is 4.49. The van der Waals surface area contributed by atoms with Gasteiger partial charge < -0.3 is 19.6 Å². The highest BCUT2D eigenvalue weighted by molar-refractivity contribution is 7.92. The number of aromatic nitrogens is 1. The second kappa shape index (κ2) is 9.03. The van der Waals surface area contributed by atoms with Gasteiger partial charge in [-0.15, -0.1) is 0 Å². The molecule has 34 heavy (non-hydrogen) atoms. The topological polar surface area (TPSA) is 117 Å². The predicted octanol–water partition coefficient (Wildman–Crippen LogP) is 5.39. The molecule has 178 valence electrons. The fraction of sp³-hybridized carbons (Fsp3) is 0.174. The average molecular weight is 506 g/mol. The number of sulfonamides is 1. The molecule has 0 radical (unpaired) electrons. The first kappa shape index (κ1) is 23.7. The molecule has 0 saturated carbocycles. The van der Waals surface area contributed by atoms with Crippen molar-refractivity contribution in [2.75, 3.05) is 23.8 Å². The Hall–Kier alpha value is -3.50. The molecule has 2 aromatic carbocycles. The van der Waals surface area contributed by atoms with Gasteiger partial charge in [-0.25, -0.2) is 17.8 Å². The first-order valence-corrected chi connectivity index (χ1v) is 12.3. The van der Waals surface area contributed by atoms with Gasteiger partial charge in [-0.2, -0.15) is 0 Å². The van der Waals surface area contributed by atoms with Gasteiger partial charge in [-0.1, -0.05) is 23.7 Å². The average Bonchev–Trinajstić information content (AvgIpc) is 3.20. The highest BCUT2D eigenvalue weighted by atomic mass is 35.5. The van der Waals surface area contributed by atoms with Gasteiger partial charge in [-0.3, -0.25) is 4.72 Å². The van der Waals surface area contributed by atoms with Crippen molar-refractivity contribution in [3.8, 4) is 22.6 Å². The molecule has 2 aromatic heterocycles. The Labute approximate surface area is 200 Å². The molecule has 3 N–H and O–H groups in total.